The highest BCUT2D eigenvalue weighted by molar-refractivity contribution is 5.93. The number of fused-ring (bicyclic) bond motifs is 1. The molecule has 0 spiro atoms. The summed E-state index contributed by atoms with van der Waals surface area (Å²) in [6.07, 6.45) is 1.43. The fraction of sp³-hybridized carbons (Fsp3) is 0.412. The Morgan fingerprint density at radius 1 is 1.26 bits per heavy atom. The number of likely N-dealkylation sites (N-methyl/N-ethyl adjacent to an activating group) is 1. The molecule has 1 aromatic carbocycles. The predicted molar refractivity (Wildman–Crippen MR) is 86.3 cm³/mol. The topological polar surface area (TPSA) is 51.7 Å². The van der Waals surface area contributed by atoms with E-state index >= 15 is 0 Å². The lowest BCUT2D eigenvalue weighted by molar-refractivity contribution is 0.0466. The van der Waals surface area contributed by atoms with Crippen LogP contribution < -0.4 is 4.74 Å². The summed E-state index contributed by atoms with van der Waals surface area (Å²) < 4.78 is 23.9. The van der Waals surface area contributed by atoms with Crippen LogP contribution in [0.5, 0.6) is 5.75 Å². The van der Waals surface area contributed by atoms with E-state index in [4.69, 9.17) is 9.47 Å². The third-order valence-electron chi connectivity index (χ3n) is 3.73. The fourth-order valence-electron chi connectivity index (χ4n) is 2.29. The molecule has 6 heteroatoms. The Morgan fingerprint density at radius 2 is 2.00 bits per heavy atom. The maximum absolute atomic E-state index is 13.7. The second-order valence-corrected chi connectivity index (χ2v) is 5.07. The molecule has 0 saturated heterocycles. The van der Waals surface area contributed by atoms with Gasteiger partial charge in [0.15, 0.2) is 11.6 Å². The van der Waals surface area contributed by atoms with Crippen LogP contribution >= 0.6 is 0 Å². The van der Waals surface area contributed by atoms with Crippen LogP contribution in [0.4, 0.5) is 4.39 Å². The van der Waals surface area contributed by atoms with Gasteiger partial charge in [0.1, 0.15) is 6.61 Å². The van der Waals surface area contributed by atoms with Crippen LogP contribution in [-0.2, 0) is 4.74 Å². The number of carbonyl (C=O) groups excluding carboxylic acids is 1. The summed E-state index contributed by atoms with van der Waals surface area (Å²) in [5, 5.41) is 0.529. The van der Waals surface area contributed by atoms with Crippen molar-refractivity contribution in [3.63, 3.8) is 0 Å². The third-order valence-corrected chi connectivity index (χ3v) is 3.73. The van der Waals surface area contributed by atoms with Crippen LogP contribution in [0.2, 0.25) is 0 Å². The van der Waals surface area contributed by atoms with Crippen molar-refractivity contribution in [2.75, 3.05) is 33.4 Å². The van der Waals surface area contributed by atoms with Crippen molar-refractivity contribution in [1.82, 2.24) is 9.88 Å². The van der Waals surface area contributed by atoms with Gasteiger partial charge in [-0.15, -0.1) is 0 Å². The van der Waals surface area contributed by atoms with Crippen molar-refractivity contribution in [2.24, 2.45) is 0 Å². The first kappa shape index (κ1) is 17.1. The molecule has 1 aromatic heterocycles. The number of carbonyl (C=O) groups is 1. The van der Waals surface area contributed by atoms with E-state index in [-0.39, 0.29) is 5.75 Å². The molecule has 0 radical (unpaired) electrons. The van der Waals surface area contributed by atoms with E-state index in [2.05, 4.69) is 23.7 Å². The number of hydrogen-bond acceptors (Lipinski definition) is 5. The highest BCUT2D eigenvalue weighted by Gasteiger charge is 2.12. The summed E-state index contributed by atoms with van der Waals surface area (Å²) in [5.41, 5.74) is 0.865. The molecule has 0 aliphatic carbocycles. The van der Waals surface area contributed by atoms with Crippen molar-refractivity contribution >= 4 is 16.9 Å². The SMILES string of the molecule is CCN(CC)CCOC(=O)c1cnc2cc(OC)c(F)cc2c1. The van der Waals surface area contributed by atoms with Gasteiger partial charge in [-0.25, -0.2) is 9.18 Å². The Hall–Kier alpha value is -2.21. The molecular formula is C17H21FN2O3. The van der Waals surface area contributed by atoms with Gasteiger partial charge in [-0.2, -0.15) is 0 Å². The molecule has 0 unspecified atom stereocenters. The normalized spacial score (nSPS) is 11.0. The lowest BCUT2D eigenvalue weighted by Gasteiger charge is -2.17. The lowest BCUT2D eigenvalue weighted by atomic mass is 10.1. The van der Waals surface area contributed by atoms with Gasteiger partial charge in [-0.1, -0.05) is 13.8 Å². The summed E-state index contributed by atoms with van der Waals surface area (Å²) >= 11 is 0. The second kappa shape index (κ2) is 7.87. The molecule has 23 heavy (non-hydrogen) atoms. The number of rotatable bonds is 7. The molecule has 0 amide bonds. The van der Waals surface area contributed by atoms with Gasteiger partial charge in [0.2, 0.25) is 0 Å². The Kier molecular flexibility index (Phi) is 5.87. The van der Waals surface area contributed by atoms with E-state index in [0.29, 0.717) is 29.6 Å². The average Bonchev–Trinajstić information content (AvgIpc) is 2.57. The summed E-state index contributed by atoms with van der Waals surface area (Å²) in [6.45, 7) is 6.93. The monoisotopic (exact) mass is 320 g/mol. The highest BCUT2D eigenvalue weighted by atomic mass is 19.1. The van der Waals surface area contributed by atoms with Crippen molar-refractivity contribution < 1.29 is 18.7 Å². The molecule has 0 N–H and O–H groups in total. The molecule has 2 rings (SSSR count). The van der Waals surface area contributed by atoms with Crippen LogP contribution in [-0.4, -0.2) is 49.2 Å². The van der Waals surface area contributed by atoms with Gasteiger partial charge >= 0.3 is 5.97 Å². The van der Waals surface area contributed by atoms with E-state index in [1.54, 1.807) is 6.07 Å². The quantitative estimate of drug-likeness (QED) is 0.734. The minimum absolute atomic E-state index is 0.125. The van der Waals surface area contributed by atoms with Gasteiger partial charge in [0.25, 0.3) is 0 Å². The summed E-state index contributed by atoms with van der Waals surface area (Å²) in [5.74, 6) is -0.823. The van der Waals surface area contributed by atoms with E-state index in [9.17, 15) is 9.18 Å². The van der Waals surface area contributed by atoms with Crippen LogP contribution in [0.3, 0.4) is 0 Å². The minimum Gasteiger partial charge on any atom is -0.494 e. The number of aromatic nitrogens is 1. The number of esters is 1. The van der Waals surface area contributed by atoms with Gasteiger partial charge < -0.3 is 14.4 Å². The van der Waals surface area contributed by atoms with E-state index in [0.717, 1.165) is 13.1 Å². The van der Waals surface area contributed by atoms with Crippen molar-refractivity contribution in [1.29, 1.82) is 0 Å². The van der Waals surface area contributed by atoms with Crippen LogP contribution in [0.1, 0.15) is 24.2 Å². The zero-order valence-electron chi connectivity index (χ0n) is 13.6. The van der Waals surface area contributed by atoms with Gasteiger partial charge in [-0.05, 0) is 25.2 Å². The van der Waals surface area contributed by atoms with Crippen LogP contribution in [0.25, 0.3) is 10.9 Å². The Labute approximate surface area is 135 Å². The highest BCUT2D eigenvalue weighted by Crippen LogP contribution is 2.24. The van der Waals surface area contributed by atoms with Crippen LogP contribution in [0.15, 0.2) is 24.4 Å². The molecule has 0 saturated carbocycles. The zero-order chi connectivity index (χ0) is 16.8. The smallest absolute Gasteiger partial charge is 0.339 e. The molecule has 1 heterocycles. The molecule has 5 nitrogen and oxygen atoms in total. The Morgan fingerprint density at radius 3 is 2.65 bits per heavy atom. The summed E-state index contributed by atoms with van der Waals surface area (Å²) in [4.78, 5) is 18.4. The van der Waals surface area contributed by atoms with Crippen molar-refractivity contribution in [3.05, 3.63) is 35.8 Å². The summed E-state index contributed by atoms with van der Waals surface area (Å²) in [6, 6.07) is 4.37. The van der Waals surface area contributed by atoms with Gasteiger partial charge in [0, 0.05) is 24.2 Å². The first-order chi connectivity index (χ1) is 11.1. The van der Waals surface area contributed by atoms with Crippen molar-refractivity contribution in [3.8, 4) is 5.75 Å². The number of halogens is 1. The first-order valence-electron chi connectivity index (χ1n) is 7.61. The molecular weight excluding hydrogens is 299 g/mol. The van der Waals surface area contributed by atoms with Crippen molar-refractivity contribution in [2.45, 2.75) is 13.8 Å². The largest absolute Gasteiger partial charge is 0.494 e. The van der Waals surface area contributed by atoms with Crippen LogP contribution in [0, 0.1) is 5.82 Å². The number of benzene rings is 1. The third kappa shape index (κ3) is 4.16. The maximum atomic E-state index is 13.7. The first-order valence-corrected chi connectivity index (χ1v) is 7.61. The standard InChI is InChI=1S/C17H21FN2O3/c1-4-20(5-2)6-7-23-17(21)13-8-12-9-14(18)16(22-3)10-15(12)19-11-13/h8-11H,4-7H2,1-3H3. The molecule has 0 aliphatic rings. The molecule has 0 aliphatic heterocycles. The van der Waals surface area contributed by atoms with Gasteiger partial charge in [0.05, 0.1) is 18.2 Å². The van der Waals surface area contributed by atoms with E-state index in [1.807, 2.05) is 0 Å². The Bertz CT molecular complexity index is 687. The summed E-state index contributed by atoms with van der Waals surface area (Å²) in [7, 11) is 1.39. The molecule has 0 fully saturated rings. The maximum Gasteiger partial charge on any atom is 0.339 e. The van der Waals surface area contributed by atoms with E-state index < -0.39 is 11.8 Å². The number of methoxy groups -OCH3 is 1. The second-order valence-electron chi connectivity index (χ2n) is 5.07. The number of pyridine rings is 1. The van der Waals surface area contributed by atoms with Gasteiger partial charge in [-0.3, -0.25) is 4.98 Å². The number of hydrogen-bond donors (Lipinski definition) is 0. The number of ether oxygens (including phenoxy) is 2. The predicted octanol–water partition coefficient (Wildman–Crippen LogP) is 2.88. The molecule has 2 aromatic rings. The molecule has 0 atom stereocenters. The minimum atomic E-state index is -0.492. The Balaban J connectivity index is 2.09. The molecule has 124 valence electrons. The zero-order valence-corrected chi connectivity index (χ0v) is 13.6. The lowest BCUT2D eigenvalue weighted by Crippen LogP contribution is -2.27. The fourth-order valence-corrected chi connectivity index (χ4v) is 2.29. The molecule has 0 bridgehead atoms. The number of nitrogens with zero attached hydrogens (tertiary/aromatic N) is 2. The average molecular weight is 320 g/mol. The van der Waals surface area contributed by atoms with E-state index in [1.165, 1.54) is 25.4 Å².